The van der Waals surface area contributed by atoms with Crippen LogP contribution in [-0.2, 0) is 35.5 Å². The number of nitrogens with zero attached hydrogens (tertiary/aromatic N) is 3. The molecule has 0 bridgehead atoms. The van der Waals surface area contributed by atoms with Crippen LogP contribution >= 0.6 is 0 Å². The first kappa shape index (κ1) is 38.4. The highest BCUT2D eigenvalue weighted by Crippen LogP contribution is 2.17. The summed E-state index contributed by atoms with van der Waals surface area (Å²) >= 11 is 0. The fourth-order valence-corrected chi connectivity index (χ4v) is 6.10. The first-order valence-electron chi connectivity index (χ1n) is 17.9. The number of rotatable bonds is 16. The van der Waals surface area contributed by atoms with Crippen molar-refractivity contribution < 1.29 is 24.2 Å². The van der Waals surface area contributed by atoms with E-state index in [1.165, 1.54) is 4.90 Å². The molecule has 11 nitrogen and oxygen atoms in total. The summed E-state index contributed by atoms with van der Waals surface area (Å²) in [6.07, 6.45) is 2.38. The van der Waals surface area contributed by atoms with E-state index in [0.29, 0.717) is 12.8 Å². The van der Waals surface area contributed by atoms with Gasteiger partial charge in [0.1, 0.15) is 12.6 Å². The molecule has 5 aromatic rings. The molecule has 276 valence electrons. The van der Waals surface area contributed by atoms with Crippen LogP contribution < -0.4 is 16.0 Å². The Morgan fingerprint density at radius 3 is 2.11 bits per heavy atom. The van der Waals surface area contributed by atoms with E-state index in [2.05, 4.69) is 25.9 Å². The smallest absolute Gasteiger partial charge is 0.407 e. The molecule has 2 aromatic heterocycles. The fraction of sp³-hybridized carbons (Fsp3) is 0.310. The maximum absolute atomic E-state index is 14.0. The maximum Gasteiger partial charge on any atom is 0.407 e. The van der Waals surface area contributed by atoms with Gasteiger partial charge < -0.3 is 30.7 Å². The lowest BCUT2D eigenvalue weighted by Crippen LogP contribution is -2.55. The maximum atomic E-state index is 14.0. The highest BCUT2D eigenvalue weighted by atomic mass is 16.5. The number of carbonyl (C=O) groups is 3. The molecule has 0 aliphatic rings. The second-order valence-electron chi connectivity index (χ2n) is 13.6. The van der Waals surface area contributed by atoms with E-state index < -0.39 is 36.4 Å². The van der Waals surface area contributed by atoms with Crippen LogP contribution in [0.4, 0.5) is 9.59 Å². The van der Waals surface area contributed by atoms with Gasteiger partial charge in [0, 0.05) is 36.4 Å². The van der Waals surface area contributed by atoms with Crippen molar-refractivity contribution in [2.45, 2.75) is 70.5 Å². The van der Waals surface area contributed by atoms with Crippen molar-refractivity contribution in [1.29, 1.82) is 0 Å². The number of alkyl carbamates (subject to hydrolysis) is 1. The predicted octanol–water partition coefficient (Wildman–Crippen LogP) is 5.81. The first-order valence-corrected chi connectivity index (χ1v) is 17.9. The molecule has 0 unspecified atom stereocenters. The van der Waals surface area contributed by atoms with Gasteiger partial charge in [-0.05, 0) is 54.5 Å². The summed E-state index contributed by atoms with van der Waals surface area (Å²) < 4.78 is 5.46. The summed E-state index contributed by atoms with van der Waals surface area (Å²) in [5.41, 5.74) is 4.17. The zero-order chi connectivity index (χ0) is 37.6. The Morgan fingerprint density at radius 1 is 0.774 bits per heavy atom. The van der Waals surface area contributed by atoms with Gasteiger partial charge in [-0.25, -0.2) is 9.59 Å². The molecule has 53 heavy (non-hydrogen) atoms. The zero-order valence-electron chi connectivity index (χ0n) is 30.4. The topological polar surface area (TPSA) is 146 Å². The van der Waals surface area contributed by atoms with Gasteiger partial charge in [-0.3, -0.25) is 14.8 Å². The van der Waals surface area contributed by atoms with Gasteiger partial charge in [0.2, 0.25) is 5.91 Å². The number of pyridine rings is 2. The largest absolute Gasteiger partial charge is 0.445 e. The molecular formula is C42H48N6O5. The second kappa shape index (κ2) is 19.1. The summed E-state index contributed by atoms with van der Waals surface area (Å²) in [6.45, 7) is 4.02. The van der Waals surface area contributed by atoms with Crippen molar-refractivity contribution >= 4 is 28.9 Å². The predicted molar refractivity (Wildman–Crippen MR) is 205 cm³/mol. The minimum absolute atomic E-state index is 0.0246. The van der Waals surface area contributed by atoms with Crippen molar-refractivity contribution in [3.8, 4) is 0 Å². The number of benzene rings is 3. The zero-order valence-corrected chi connectivity index (χ0v) is 30.4. The van der Waals surface area contributed by atoms with Gasteiger partial charge in [-0.15, -0.1) is 0 Å². The number of urea groups is 1. The molecule has 11 heteroatoms. The fourth-order valence-electron chi connectivity index (χ4n) is 6.10. The number of para-hydroxylation sites is 1. The molecule has 0 radical (unpaired) electrons. The van der Waals surface area contributed by atoms with Gasteiger partial charge in [-0.2, -0.15) is 0 Å². The highest BCUT2D eigenvalue weighted by molar-refractivity contribution is 5.87. The van der Waals surface area contributed by atoms with Crippen LogP contribution in [0.5, 0.6) is 0 Å². The Bertz CT molecular complexity index is 1910. The minimum Gasteiger partial charge on any atom is -0.445 e. The molecule has 4 N–H and O–H groups in total. The van der Waals surface area contributed by atoms with E-state index >= 15 is 0 Å². The van der Waals surface area contributed by atoms with Crippen molar-refractivity contribution in [2.75, 3.05) is 7.05 Å². The Balaban J connectivity index is 1.27. The van der Waals surface area contributed by atoms with Crippen LogP contribution in [0.3, 0.4) is 0 Å². The monoisotopic (exact) mass is 716 g/mol. The van der Waals surface area contributed by atoms with E-state index in [9.17, 15) is 19.5 Å². The van der Waals surface area contributed by atoms with E-state index in [-0.39, 0.29) is 31.4 Å². The van der Waals surface area contributed by atoms with E-state index in [4.69, 9.17) is 4.74 Å². The average Bonchev–Trinajstić information content (AvgIpc) is 3.16. The average molecular weight is 717 g/mol. The van der Waals surface area contributed by atoms with Gasteiger partial charge >= 0.3 is 12.1 Å². The Kier molecular flexibility index (Phi) is 13.9. The third-order valence-corrected chi connectivity index (χ3v) is 8.99. The quantitative estimate of drug-likeness (QED) is 0.101. The summed E-state index contributed by atoms with van der Waals surface area (Å²) in [5.74, 6) is -0.613. The summed E-state index contributed by atoms with van der Waals surface area (Å²) in [7, 11) is 1.66. The Morgan fingerprint density at radius 2 is 1.43 bits per heavy atom. The minimum atomic E-state index is -1.07. The van der Waals surface area contributed by atoms with Crippen molar-refractivity contribution in [3.63, 3.8) is 0 Å². The number of fused-ring (bicyclic) bond motifs is 1. The molecule has 0 aliphatic carbocycles. The van der Waals surface area contributed by atoms with Crippen LogP contribution in [0.1, 0.15) is 42.7 Å². The number of amides is 4. The van der Waals surface area contributed by atoms with Gasteiger partial charge in [0.05, 0.1) is 29.9 Å². The number of nitrogens with one attached hydrogen (secondary N) is 3. The number of aromatic nitrogens is 2. The molecule has 0 aliphatic heterocycles. The number of aliphatic hydroxyl groups is 1. The standard InChI is InChI=1S/C42H48N6O5/c1-29(2)39(47-41(51)48(3)27-34-21-20-33-18-10-11-19-36(33)44-34)40(50)45-35(23-30-13-6-4-7-14-30)25-38(49)37(24-31-15-8-5-9-16-31)46-42(52)53-28-32-17-12-22-43-26-32/h4-22,26,29,35,37-39,49H,23-25,27-28H2,1-3H3,(H,45,50)(H,46,52)(H,47,51)/t35-,37-,38-,39-/m0/s1. The van der Waals surface area contributed by atoms with Crippen molar-refractivity contribution in [2.24, 2.45) is 5.92 Å². The van der Waals surface area contributed by atoms with Gasteiger partial charge in [0.15, 0.2) is 0 Å². The lowest BCUT2D eigenvalue weighted by molar-refractivity contribution is -0.124. The van der Waals surface area contributed by atoms with Crippen molar-refractivity contribution in [1.82, 2.24) is 30.8 Å². The number of carbonyl (C=O) groups excluding carboxylic acids is 3. The van der Waals surface area contributed by atoms with E-state index in [0.717, 1.165) is 33.3 Å². The SMILES string of the molecule is CC(C)[C@H](NC(=O)N(C)Cc1ccc2ccccc2n1)C(=O)N[C@@H](Cc1ccccc1)C[C@H](O)[C@H](Cc1ccccc1)NC(=O)OCc1cccnc1. The molecule has 0 spiro atoms. The summed E-state index contributed by atoms with van der Waals surface area (Å²) in [6, 6.07) is 31.9. The Labute approximate surface area is 310 Å². The van der Waals surface area contributed by atoms with Gasteiger partial charge in [0.25, 0.3) is 0 Å². The highest BCUT2D eigenvalue weighted by Gasteiger charge is 2.31. The van der Waals surface area contributed by atoms with Crippen LogP contribution in [0.2, 0.25) is 0 Å². The van der Waals surface area contributed by atoms with Crippen LogP contribution in [0, 0.1) is 5.92 Å². The Hall–Kier alpha value is -5.81. The molecule has 2 heterocycles. The third-order valence-electron chi connectivity index (χ3n) is 8.99. The third kappa shape index (κ3) is 11.9. The number of ether oxygens (including phenoxy) is 1. The first-order chi connectivity index (χ1) is 25.6. The van der Waals surface area contributed by atoms with E-state index in [1.807, 2.05) is 111 Å². The lowest BCUT2D eigenvalue weighted by atomic mass is 9.93. The summed E-state index contributed by atoms with van der Waals surface area (Å²) in [4.78, 5) is 50.6. The van der Waals surface area contributed by atoms with E-state index in [1.54, 1.807) is 31.6 Å². The number of hydrogen-bond acceptors (Lipinski definition) is 7. The molecule has 0 saturated heterocycles. The summed E-state index contributed by atoms with van der Waals surface area (Å²) in [5, 5.41) is 21.6. The van der Waals surface area contributed by atoms with Crippen molar-refractivity contribution in [3.05, 3.63) is 144 Å². The molecular weight excluding hydrogens is 668 g/mol. The van der Waals surface area contributed by atoms with Crippen LogP contribution in [0.15, 0.2) is 122 Å². The number of aliphatic hydroxyl groups excluding tert-OH is 1. The number of hydrogen-bond donors (Lipinski definition) is 4. The molecule has 5 rings (SSSR count). The second-order valence-corrected chi connectivity index (χ2v) is 13.6. The van der Waals surface area contributed by atoms with Gasteiger partial charge in [-0.1, -0.05) is 105 Å². The molecule has 4 amide bonds. The molecule has 3 aromatic carbocycles. The van der Waals surface area contributed by atoms with Crippen LogP contribution in [-0.4, -0.2) is 69.3 Å². The molecule has 0 saturated carbocycles. The van der Waals surface area contributed by atoms with Crippen LogP contribution in [0.25, 0.3) is 10.9 Å². The lowest BCUT2D eigenvalue weighted by Gasteiger charge is -2.30. The molecule has 4 atom stereocenters. The molecule has 0 fully saturated rings. The normalized spacial score (nSPS) is 13.4.